The van der Waals surface area contributed by atoms with Crippen LogP contribution in [0.3, 0.4) is 0 Å². The van der Waals surface area contributed by atoms with Crippen LogP contribution in [0.2, 0.25) is 0 Å². The highest BCUT2D eigenvalue weighted by molar-refractivity contribution is 9.10. The lowest BCUT2D eigenvalue weighted by atomic mass is 9.62. The van der Waals surface area contributed by atoms with Crippen LogP contribution in [-0.4, -0.2) is 18.0 Å². The average Bonchev–Trinajstić information content (AvgIpc) is 3.35. The molecule has 0 radical (unpaired) electrons. The van der Waals surface area contributed by atoms with E-state index in [4.69, 9.17) is 9.47 Å². The smallest absolute Gasteiger partial charge is 0.317 e. The number of carbonyl (C=O) groups is 2. The Kier molecular flexibility index (Phi) is 3.23. The summed E-state index contributed by atoms with van der Waals surface area (Å²) in [6, 6.07) is 7.89. The van der Waals surface area contributed by atoms with Crippen molar-refractivity contribution >= 4 is 27.9 Å². The van der Waals surface area contributed by atoms with Crippen molar-refractivity contribution < 1.29 is 19.1 Å². The van der Waals surface area contributed by atoms with Crippen LogP contribution in [-0.2, 0) is 24.7 Å². The Hall–Kier alpha value is -1.36. The number of esters is 2. The largest absolute Gasteiger partial charge is 0.456 e. The van der Waals surface area contributed by atoms with Crippen LogP contribution in [0.15, 0.2) is 28.7 Å². The molecule has 2 aliphatic carbocycles. The van der Waals surface area contributed by atoms with Gasteiger partial charge in [-0.1, -0.05) is 53.7 Å². The number of hydrogen-bond donors (Lipinski definition) is 0. The van der Waals surface area contributed by atoms with E-state index in [1.807, 2.05) is 24.3 Å². The summed E-state index contributed by atoms with van der Waals surface area (Å²) in [4.78, 5) is 26.2. The maximum absolute atomic E-state index is 13.1. The normalized spacial score (nSPS) is 34.5. The van der Waals surface area contributed by atoms with E-state index in [1.54, 1.807) is 0 Å². The number of rotatable bonds is 1. The highest BCUT2D eigenvalue weighted by Crippen LogP contribution is 2.69. The van der Waals surface area contributed by atoms with E-state index < -0.39 is 22.5 Å². The number of halogens is 1. The summed E-state index contributed by atoms with van der Waals surface area (Å²) in [6.07, 6.45) is 6.45. The molecule has 25 heavy (non-hydrogen) atoms. The van der Waals surface area contributed by atoms with Crippen molar-refractivity contribution in [3.05, 3.63) is 34.3 Å². The summed E-state index contributed by atoms with van der Waals surface area (Å²) in [5.74, 6) is -0.312. The summed E-state index contributed by atoms with van der Waals surface area (Å²) in [5, 5.41) is 0. The molecule has 1 aromatic carbocycles. The lowest BCUT2D eigenvalue weighted by Crippen LogP contribution is -2.49. The number of fused-ring (bicyclic) bond motifs is 3. The van der Waals surface area contributed by atoms with Crippen LogP contribution in [0.25, 0.3) is 0 Å². The third-order valence-corrected chi connectivity index (χ3v) is 7.61. The zero-order valence-corrected chi connectivity index (χ0v) is 15.6. The molecular formula is C20H21BrO4. The molecule has 5 heteroatoms. The Morgan fingerprint density at radius 3 is 2.12 bits per heavy atom. The Balaban J connectivity index is 1.75. The fourth-order valence-corrected chi connectivity index (χ4v) is 6.19. The third kappa shape index (κ3) is 1.73. The lowest BCUT2D eigenvalue weighted by molar-refractivity contribution is -0.169. The van der Waals surface area contributed by atoms with Crippen LogP contribution in [0.1, 0.15) is 56.9 Å². The molecule has 2 spiro atoms. The van der Waals surface area contributed by atoms with E-state index in [1.165, 1.54) is 0 Å². The second-order valence-corrected chi connectivity index (χ2v) is 8.99. The molecule has 2 saturated heterocycles. The monoisotopic (exact) mass is 404 g/mol. The van der Waals surface area contributed by atoms with E-state index in [-0.39, 0.29) is 11.9 Å². The fourth-order valence-electron chi connectivity index (χ4n) is 5.92. The first-order valence-corrected chi connectivity index (χ1v) is 10.1. The summed E-state index contributed by atoms with van der Waals surface area (Å²) in [7, 11) is 0. The maximum atomic E-state index is 13.1. The molecular weight excluding hydrogens is 384 g/mol. The molecule has 4 nitrogen and oxygen atoms in total. The van der Waals surface area contributed by atoms with Gasteiger partial charge in [-0.25, -0.2) is 0 Å². The van der Waals surface area contributed by atoms with Gasteiger partial charge in [-0.15, -0.1) is 0 Å². The fraction of sp³-hybridized carbons (Fsp3) is 0.600. The Bertz CT molecular complexity index is 741. The third-order valence-electron chi connectivity index (χ3n) is 7.08. The molecule has 5 rings (SSSR count). The van der Waals surface area contributed by atoms with E-state index in [9.17, 15) is 9.59 Å². The number of carbonyl (C=O) groups excluding carboxylic acids is 2. The van der Waals surface area contributed by atoms with Gasteiger partial charge >= 0.3 is 11.9 Å². The first-order chi connectivity index (χ1) is 12.1. The van der Waals surface area contributed by atoms with Gasteiger partial charge in [0.15, 0.2) is 11.7 Å². The van der Waals surface area contributed by atoms with Crippen LogP contribution in [0, 0.1) is 10.8 Å². The molecule has 1 aromatic rings. The number of ether oxygens (including phenoxy) is 2. The Morgan fingerprint density at radius 1 is 0.880 bits per heavy atom. The van der Waals surface area contributed by atoms with Crippen molar-refractivity contribution in [2.75, 3.05) is 0 Å². The Labute approximate surface area is 155 Å². The quantitative estimate of drug-likeness (QED) is 0.656. The van der Waals surface area contributed by atoms with Gasteiger partial charge in [0.05, 0.1) is 0 Å². The van der Waals surface area contributed by atoms with E-state index in [2.05, 4.69) is 15.9 Å². The van der Waals surface area contributed by atoms with Crippen molar-refractivity contribution in [3.63, 3.8) is 0 Å². The summed E-state index contributed by atoms with van der Waals surface area (Å²) < 4.78 is 13.2. The standard InChI is InChI=1S/C20H21BrO4/c21-14-7-5-13(6-8-14)20-15(18(16(22)25-20)9-1-2-10-18)24-17(23)19(20)11-3-4-12-19/h5-8,15H,1-4,9-12H2/t15-,20+/m1/s1. The van der Waals surface area contributed by atoms with E-state index >= 15 is 0 Å². The van der Waals surface area contributed by atoms with Crippen molar-refractivity contribution in [1.29, 1.82) is 0 Å². The first kappa shape index (κ1) is 15.9. The number of hydrogen-bond acceptors (Lipinski definition) is 4. The molecule has 2 heterocycles. The molecule has 2 atom stereocenters. The number of benzene rings is 1. The zero-order valence-electron chi connectivity index (χ0n) is 14.1. The molecule has 4 fully saturated rings. The maximum Gasteiger partial charge on any atom is 0.317 e. The van der Waals surface area contributed by atoms with E-state index in [0.717, 1.165) is 61.4 Å². The SMILES string of the molecule is O=C1O[C@@]2(c3ccc(Br)cc3)[C@H](OC(=O)C23CCCC3)C12CCCC2. The van der Waals surface area contributed by atoms with Crippen molar-refractivity contribution in [3.8, 4) is 0 Å². The summed E-state index contributed by atoms with van der Waals surface area (Å²) in [6.45, 7) is 0. The van der Waals surface area contributed by atoms with Gasteiger partial charge in [0.25, 0.3) is 0 Å². The molecule has 0 N–H and O–H groups in total. The van der Waals surface area contributed by atoms with Gasteiger partial charge in [-0.05, 0) is 37.8 Å². The van der Waals surface area contributed by atoms with E-state index in [0.29, 0.717) is 0 Å². The van der Waals surface area contributed by atoms with Gasteiger partial charge in [-0.2, -0.15) is 0 Å². The average molecular weight is 405 g/mol. The summed E-state index contributed by atoms with van der Waals surface area (Å²) >= 11 is 3.48. The zero-order chi connectivity index (χ0) is 17.3. The molecule has 4 aliphatic rings. The van der Waals surface area contributed by atoms with Crippen LogP contribution < -0.4 is 0 Å². The predicted molar refractivity (Wildman–Crippen MR) is 93.6 cm³/mol. The van der Waals surface area contributed by atoms with Gasteiger partial charge < -0.3 is 9.47 Å². The highest BCUT2D eigenvalue weighted by Gasteiger charge is 2.81. The van der Waals surface area contributed by atoms with Gasteiger partial charge in [0.1, 0.15) is 10.8 Å². The van der Waals surface area contributed by atoms with Gasteiger partial charge in [0, 0.05) is 10.0 Å². The van der Waals surface area contributed by atoms with Gasteiger partial charge in [-0.3, -0.25) is 9.59 Å². The Morgan fingerprint density at radius 2 is 1.48 bits per heavy atom. The molecule has 0 amide bonds. The lowest BCUT2D eigenvalue weighted by Gasteiger charge is -2.38. The summed E-state index contributed by atoms with van der Waals surface area (Å²) in [5.41, 5.74) is -1.41. The van der Waals surface area contributed by atoms with Crippen LogP contribution in [0.4, 0.5) is 0 Å². The van der Waals surface area contributed by atoms with Crippen LogP contribution >= 0.6 is 15.9 Å². The molecule has 2 aliphatic heterocycles. The molecule has 2 saturated carbocycles. The molecule has 0 bridgehead atoms. The second kappa shape index (κ2) is 5.09. The van der Waals surface area contributed by atoms with Crippen molar-refractivity contribution in [1.82, 2.24) is 0 Å². The minimum Gasteiger partial charge on any atom is -0.456 e. The highest BCUT2D eigenvalue weighted by atomic mass is 79.9. The topological polar surface area (TPSA) is 52.6 Å². The molecule has 0 unspecified atom stereocenters. The first-order valence-electron chi connectivity index (χ1n) is 9.26. The second-order valence-electron chi connectivity index (χ2n) is 8.07. The minimum atomic E-state index is -0.956. The predicted octanol–water partition coefficient (Wildman–Crippen LogP) is 4.25. The molecule has 0 aromatic heterocycles. The van der Waals surface area contributed by atoms with Crippen molar-refractivity contribution in [2.24, 2.45) is 10.8 Å². The van der Waals surface area contributed by atoms with Crippen LogP contribution in [0.5, 0.6) is 0 Å². The molecule has 132 valence electrons. The van der Waals surface area contributed by atoms with Crippen molar-refractivity contribution in [2.45, 2.75) is 63.1 Å². The van der Waals surface area contributed by atoms with Gasteiger partial charge in [0.2, 0.25) is 0 Å². The minimum absolute atomic E-state index is 0.156.